The third-order valence-corrected chi connectivity index (χ3v) is 3.51. The van der Waals surface area contributed by atoms with Crippen molar-refractivity contribution in [3.05, 3.63) is 59.7 Å². The van der Waals surface area contributed by atoms with E-state index in [1.165, 1.54) is 7.11 Å². The maximum absolute atomic E-state index is 12.0. The summed E-state index contributed by atoms with van der Waals surface area (Å²) in [7, 11) is 3.09. The van der Waals surface area contributed by atoms with E-state index in [9.17, 15) is 9.59 Å². The maximum Gasteiger partial charge on any atom is 0.337 e. The minimum Gasteiger partial charge on any atom is -0.487 e. The summed E-state index contributed by atoms with van der Waals surface area (Å²) >= 11 is 0. The fraction of sp³-hybridized carbons (Fsp3) is 0.263. The average Bonchev–Trinajstić information content (AvgIpc) is 2.65. The summed E-state index contributed by atoms with van der Waals surface area (Å²) in [5.74, 6) is -0.143. The van der Waals surface area contributed by atoms with Crippen molar-refractivity contribution in [3.63, 3.8) is 0 Å². The Labute approximate surface area is 147 Å². The van der Waals surface area contributed by atoms with Crippen molar-refractivity contribution in [3.8, 4) is 5.75 Å². The second-order valence-electron chi connectivity index (χ2n) is 5.38. The second kappa shape index (κ2) is 9.44. The van der Waals surface area contributed by atoms with Gasteiger partial charge in [0.25, 0.3) is 0 Å². The van der Waals surface area contributed by atoms with Crippen LogP contribution in [-0.4, -0.2) is 32.6 Å². The molecule has 0 saturated heterocycles. The Kier molecular flexibility index (Phi) is 6.98. The van der Waals surface area contributed by atoms with Crippen LogP contribution in [0.1, 0.15) is 22.3 Å². The zero-order valence-corrected chi connectivity index (χ0v) is 14.4. The number of hydrogen-bond acceptors (Lipinski definition) is 5. The Morgan fingerprint density at radius 3 is 2.52 bits per heavy atom. The van der Waals surface area contributed by atoms with Crippen molar-refractivity contribution in [2.24, 2.45) is 0 Å². The smallest absolute Gasteiger partial charge is 0.337 e. The lowest BCUT2D eigenvalue weighted by Crippen LogP contribution is -2.19. The molecule has 0 aliphatic carbocycles. The molecular formula is C19H22N2O4. The molecule has 0 bridgehead atoms. The Balaban J connectivity index is 2.17. The van der Waals surface area contributed by atoms with Crippen molar-refractivity contribution < 1.29 is 19.1 Å². The van der Waals surface area contributed by atoms with Crippen LogP contribution in [0.2, 0.25) is 0 Å². The highest BCUT2D eigenvalue weighted by atomic mass is 16.5. The summed E-state index contributed by atoms with van der Waals surface area (Å²) < 4.78 is 10.5. The Bertz CT molecular complexity index is 717. The number of rotatable bonds is 8. The van der Waals surface area contributed by atoms with Gasteiger partial charge in [-0.1, -0.05) is 30.3 Å². The van der Waals surface area contributed by atoms with E-state index in [1.807, 2.05) is 30.3 Å². The van der Waals surface area contributed by atoms with E-state index in [2.05, 4.69) is 10.6 Å². The molecular weight excluding hydrogens is 320 g/mol. The van der Waals surface area contributed by atoms with Crippen LogP contribution in [-0.2, 0) is 16.1 Å². The standard InChI is InChI=1S/C19H22N2O4/c1-20-11-10-18(22)21-16-12-15(19(23)24-2)8-9-17(16)25-13-14-6-4-3-5-7-14/h3-9,12,20H,10-11,13H2,1-2H3,(H,21,22). The first kappa shape index (κ1) is 18.5. The molecule has 0 unspecified atom stereocenters. The number of amides is 1. The summed E-state index contributed by atoms with van der Waals surface area (Å²) in [6, 6.07) is 14.5. The third-order valence-electron chi connectivity index (χ3n) is 3.51. The molecule has 0 spiro atoms. The van der Waals surface area contributed by atoms with Crippen LogP contribution in [0.5, 0.6) is 5.75 Å². The summed E-state index contributed by atoms with van der Waals surface area (Å²) in [5, 5.41) is 5.71. The van der Waals surface area contributed by atoms with Gasteiger partial charge in [-0.25, -0.2) is 4.79 Å². The van der Waals surface area contributed by atoms with Crippen LogP contribution >= 0.6 is 0 Å². The fourth-order valence-electron chi connectivity index (χ4n) is 2.18. The molecule has 2 rings (SSSR count). The molecule has 0 aliphatic rings. The van der Waals surface area contributed by atoms with E-state index < -0.39 is 5.97 Å². The molecule has 2 aromatic rings. The predicted molar refractivity (Wildman–Crippen MR) is 95.7 cm³/mol. The summed E-state index contributed by atoms with van der Waals surface area (Å²) in [5.41, 5.74) is 1.80. The molecule has 0 radical (unpaired) electrons. The van der Waals surface area contributed by atoms with Gasteiger partial charge in [0.15, 0.2) is 0 Å². The van der Waals surface area contributed by atoms with Gasteiger partial charge in [-0.05, 0) is 30.8 Å². The minimum absolute atomic E-state index is 0.166. The lowest BCUT2D eigenvalue weighted by molar-refractivity contribution is -0.116. The molecule has 2 N–H and O–H groups in total. The van der Waals surface area contributed by atoms with Crippen molar-refractivity contribution in [1.29, 1.82) is 0 Å². The van der Waals surface area contributed by atoms with Crippen LogP contribution in [0.25, 0.3) is 0 Å². The molecule has 6 heteroatoms. The molecule has 1 amide bonds. The van der Waals surface area contributed by atoms with Crippen molar-refractivity contribution in [2.75, 3.05) is 26.0 Å². The Hall–Kier alpha value is -2.86. The van der Waals surface area contributed by atoms with Gasteiger partial charge < -0.3 is 20.1 Å². The van der Waals surface area contributed by atoms with E-state index >= 15 is 0 Å². The van der Waals surface area contributed by atoms with Crippen molar-refractivity contribution >= 4 is 17.6 Å². The van der Waals surface area contributed by atoms with E-state index in [0.717, 1.165) is 5.56 Å². The van der Waals surface area contributed by atoms with Crippen LogP contribution in [0.3, 0.4) is 0 Å². The van der Waals surface area contributed by atoms with E-state index in [-0.39, 0.29) is 5.91 Å². The zero-order valence-electron chi connectivity index (χ0n) is 14.4. The van der Waals surface area contributed by atoms with Crippen LogP contribution in [0.15, 0.2) is 48.5 Å². The number of carbonyl (C=O) groups excluding carboxylic acids is 2. The zero-order chi connectivity index (χ0) is 18.1. The van der Waals surface area contributed by atoms with Gasteiger partial charge in [-0.15, -0.1) is 0 Å². The molecule has 0 atom stereocenters. The molecule has 0 heterocycles. The molecule has 0 aromatic heterocycles. The van der Waals surface area contributed by atoms with E-state index in [4.69, 9.17) is 9.47 Å². The number of carbonyl (C=O) groups is 2. The third kappa shape index (κ3) is 5.61. The van der Waals surface area contributed by atoms with Gasteiger partial charge in [0, 0.05) is 13.0 Å². The number of nitrogens with one attached hydrogen (secondary N) is 2. The van der Waals surface area contributed by atoms with Gasteiger partial charge in [0.1, 0.15) is 12.4 Å². The molecule has 132 valence electrons. The fourth-order valence-corrected chi connectivity index (χ4v) is 2.18. The lowest BCUT2D eigenvalue weighted by atomic mass is 10.1. The van der Waals surface area contributed by atoms with E-state index in [1.54, 1.807) is 25.2 Å². The van der Waals surface area contributed by atoms with Gasteiger partial charge in [0.2, 0.25) is 5.91 Å². The number of methoxy groups -OCH3 is 1. The number of hydrogen-bond donors (Lipinski definition) is 2. The SMILES string of the molecule is CNCCC(=O)Nc1cc(C(=O)OC)ccc1OCc1ccccc1. The van der Waals surface area contributed by atoms with Gasteiger partial charge in [0.05, 0.1) is 18.4 Å². The first-order chi connectivity index (χ1) is 12.1. The molecule has 6 nitrogen and oxygen atoms in total. The predicted octanol–water partition coefficient (Wildman–Crippen LogP) is 2.60. The monoisotopic (exact) mass is 342 g/mol. The minimum atomic E-state index is -0.472. The van der Waals surface area contributed by atoms with Crippen molar-refractivity contribution in [1.82, 2.24) is 5.32 Å². The molecule has 0 aliphatic heterocycles. The lowest BCUT2D eigenvalue weighted by Gasteiger charge is -2.14. The highest BCUT2D eigenvalue weighted by Crippen LogP contribution is 2.27. The first-order valence-electron chi connectivity index (χ1n) is 7.97. The Morgan fingerprint density at radius 1 is 1.08 bits per heavy atom. The molecule has 0 saturated carbocycles. The highest BCUT2D eigenvalue weighted by molar-refractivity contribution is 5.96. The average molecular weight is 342 g/mol. The maximum atomic E-state index is 12.0. The quantitative estimate of drug-likeness (QED) is 0.721. The summed E-state index contributed by atoms with van der Waals surface area (Å²) in [6.45, 7) is 0.917. The first-order valence-corrected chi connectivity index (χ1v) is 7.97. The highest BCUT2D eigenvalue weighted by Gasteiger charge is 2.13. The second-order valence-corrected chi connectivity index (χ2v) is 5.38. The number of esters is 1. The van der Waals surface area contributed by atoms with Crippen molar-refractivity contribution in [2.45, 2.75) is 13.0 Å². The normalized spacial score (nSPS) is 10.2. The van der Waals surface area contributed by atoms with Crippen LogP contribution in [0.4, 0.5) is 5.69 Å². The van der Waals surface area contributed by atoms with E-state index in [0.29, 0.717) is 36.6 Å². The number of anilines is 1. The summed E-state index contributed by atoms with van der Waals surface area (Å²) in [6.07, 6.45) is 0.317. The number of benzene rings is 2. The van der Waals surface area contributed by atoms with Gasteiger partial charge in [-0.3, -0.25) is 4.79 Å². The van der Waals surface area contributed by atoms with Crippen LogP contribution < -0.4 is 15.4 Å². The topological polar surface area (TPSA) is 76.7 Å². The molecule has 2 aromatic carbocycles. The number of ether oxygens (including phenoxy) is 2. The largest absolute Gasteiger partial charge is 0.487 e. The summed E-state index contributed by atoms with van der Waals surface area (Å²) in [4.78, 5) is 23.8. The molecule has 0 fully saturated rings. The Morgan fingerprint density at radius 2 is 1.84 bits per heavy atom. The van der Waals surface area contributed by atoms with Gasteiger partial charge >= 0.3 is 5.97 Å². The van der Waals surface area contributed by atoms with Crippen LogP contribution in [0, 0.1) is 0 Å². The molecule has 25 heavy (non-hydrogen) atoms. The van der Waals surface area contributed by atoms with Gasteiger partial charge in [-0.2, -0.15) is 0 Å².